The standard InChI is InChI=1S/C21H20N6O4/c1-22-11-3-4-13-12(6-11)15(21(30)26-13)16-17-20(24-8-23-16)27(9-25-17)14-5-10(7-31-2)18(28)19(14)29/h3-4,6,8-10,14-15,18-19,28-29H,5,7H2,2H3,(H,26,30)/t10-,14-,15?,18-,19+/m1/s1. The van der Waals surface area contributed by atoms with Crippen molar-refractivity contribution in [3.63, 3.8) is 0 Å². The predicted octanol–water partition coefficient (Wildman–Crippen LogP) is 1.39. The van der Waals surface area contributed by atoms with Crippen molar-refractivity contribution in [2.45, 2.75) is 30.6 Å². The first-order valence-electron chi connectivity index (χ1n) is 9.88. The first-order valence-corrected chi connectivity index (χ1v) is 9.88. The molecule has 31 heavy (non-hydrogen) atoms. The average molecular weight is 420 g/mol. The molecule has 1 fully saturated rings. The minimum absolute atomic E-state index is 0.205. The number of amides is 1. The highest BCUT2D eigenvalue weighted by atomic mass is 16.5. The van der Waals surface area contributed by atoms with Crippen LogP contribution in [0.2, 0.25) is 0 Å². The van der Waals surface area contributed by atoms with Crippen molar-refractivity contribution in [2.75, 3.05) is 19.0 Å². The fraction of sp³-hybridized carbons (Fsp3) is 0.381. The third kappa shape index (κ3) is 2.97. The Hall–Kier alpha value is -3.39. The molecule has 1 aromatic carbocycles. The number of methoxy groups -OCH3 is 1. The van der Waals surface area contributed by atoms with Crippen LogP contribution in [0.4, 0.5) is 11.4 Å². The van der Waals surface area contributed by atoms with Crippen molar-refractivity contribution in [1.29, 1.82) is 0 Å². The first-order chi connectivity index (χ1) is 15.0. The van der Waals surface area contributed by atoms with Gasteiger partial charge in [-0.2, -0.15) is 0 Å². The van der Waals surface area contributed by atoms with E-state index in [4.69, 9.17) is 11.3 Å². The van der Waals surface area contributed by atoms with Gasteiger partial charge in [-0.25, -0.2) is 19.8 Å². The molecule has 1 saturated carbocycles. The molecule has 10 heteroatoms. The maximum absolute atomic E-state index is 12.8. The van der Waals surface area contributed by atoms with E-state index in [9.17, 15) is 15.0 Å². The maximum atomic E-state index is 12.8. The van der Waals surface area contributed by atoms with E-state index in [0.717, 1.165) is 0 Å². The van der Waals surface area contributed by atoms with Crippen molar-refractivity contribution < 1.29 is 19.7 Å². The Morgan fingerprint density at radius 1 is 1.29 bits per heavy atom. The van der Waals surface area contributed by atoms with E-state index in [2.05, 4.69) is 25.1 Å². The molecule has 1 amide bonds. The highest BCUT2D eigenvalue weighted by Gasteiger charge is 2.43. The normalized spacial score (nSPS) is 27.3. The van der Waals surface area contributed by atoms with Gasteiger partial charge in [0.05, 0.1) is 37.3 Å². The van der Waals surface area contributed by atoms with Crippen LogP contribution in [0.15, 0.2) is 30.9 Å². The zero-order valence-corrected chi connectivity index (χ0v) is 16.6. The maximum Gasteiger partial charge on any atom is 0.238 e. The number of ether oxygens (including phenoxy) is 1. The van der Waals surface area contributed by atoms with Crippen LogP contribution < -0.4 is 5.32 Å². The van der Waals surface area contributed by atoms with E-state index in [1.165, 1.54) is 6.33 Å². The van der Waals surface area contributed by atoms with E-state index in [-0.39, 0.29) is 11.8 Å². The number of aliphatic hydroxyl groups is 2. The summed E-state index contributed by atoms with van der Waals surface area (Å²) >= 11 is 0. The lowest BCUT2D eigenvalue weighted by molar-refractivity contribution is -0.116. The molecule has 10 nitrogen and oxygen atoms in total. The zero-order chi connectivity index (χ0) is 21.7. The number of benzene rings is 1. The van der Waals surface area contributed by atoms with Crippen LogP contribution in [-0.4, -0.2) is 61.6 Å². The third-order valence-electron chi connectivity index (χ3n) is 6.17. The van der Waals surface area contributed by atoms with Gasteiger partial charge in [0.1, 0.15) is 23.9 Å². The Morgan fingerprint density at radius 3 is 2.90 bits per heavy atom. The molecular formula is C21H20N6O4. The number of nitrogens with one attached hydrogen (secondary N) is 1. The fourth-order valence-electron chi connectivity index (χ4n) is 4.67. The average Bonchev–Trinajstić information content (AvgIpc) is 3.42. The smallest absolute Gasteiger partial charge is 0.238 e. The van der Waals surface area contributed by atoms with Crippen LogP contribution in [0.1, 0.15) is 29.6 Å². The Bertz CT molecular complexity index is 1220. The van der Waals surface area contributed by atoms with Crippen LogP contribution >= 0.6 is 0 Å². The molecule has 3 aromatic rings. The Kier molecular flexibility index (Phi) is 4.66. The van der Waals surface area contributed by atoms with Gasteiger partial charge in [-0.15, -0.1) is 0 Å². The molecule has 5 atom stereocenters. The molecule has 5 rings (SSSR count). The first kappa shape index (κ1) is 19.6. The third-order valence-corrected chi connectivity index (χ3v) is 6.17. The summed E-state index contributed by atoms with van der Waals surface area (Å²) in [7, 11) is 1.56. The van der Waals surface area contributed by atoms with Crippen molar-refractivity contribution >= 4 is 28.4 Å². The molecule has 158 valence electrons. The second kappa shape index (κ2) is 7.39. The molecule has 0 radical (unpaired) electrons. The molecule has 3 heterocycles. The van der Waals surface area contributed by atoms with Gasteiger partial charge >= 0.3 is 0 Å². The molecule has 2 aromatic heterocycles. The van der Waals surface area contributed by atoms with E-state index in [1.54, 1.807) is 36.2 Å². The van der Waals surface area contributed by atoms with Gasteiger partial charge in [-0.3, -0.25) is 4.79 Å². The Labute approximate surface area is 177 Å². The lowest BCUT2D eigenvalue weighted by Gasteiger charge is -2.18. The zero-order valence-electron chi connectivity index (χ0n) is 16.6. The van der Waals surface area contributed by atoms with Gasteiger partial charge < -0.3 is 24.8 Å². The van der Waals surface area contributed by atoms with Crippen molar-refractivity contribution in [2.24, 2.45) is 5.92 Å². The second-order valence-electron chi connectivity index (χ2n) is 7.89. The fourth-order valence-corrected chi connectivity index (χ4v) is 4.67. The van der Waals surface area contributed by atoms with Gasteiger partial charge in [0.2, 0.25) is 5.91 Å². The molecule has 2 aliphatic rings. The summed E-state index contributed by atoms with van der Waals surface area (Å²) in [6.07, 6.45) is 1.52. The highest BCUT2D eigenvalue weighted by Crippen LogP contribution is 2.41. The van der Waals surface area contributed by atoms with Crippen molar-refractivity contribution in [3.05, 3.63) is 53.5 Å². The summed E-state index contributed by atoms with van der Waals surface area (Å²) in [5.41, 5.74) is 3.10. The minimum atomic E-state index is -0.993. The number of hydrogen-bond donors (Lipinski definition) is 3. The van der Waals surface area contributed by atoms with Crippen LogP contribution in [-0.2, 0) is 9.53 Å². The second-order valence-corrected chi connectivity index (χ2v) is 7.89. The number of nitrogens with zero attached hydrogens (tertiary/aromatic N) is 5. The lowest BCUT2D eigenvalue weighted by atomic mass is 9.96. The summed E-state index contributed by atoms with van der Waals surface area (Å²) < 4.78 is 6.89. The summed E-state index contributed by atoms with van der Waals surface area (Å²) in [6.45, 7) is 7.60. The van der Waals surface area contributed by atoms with Gasteiger partial charge in [-0.05, 0) is 18.1 Å². The van der Waals surface area contributed by atoms with Crippen LogP contribution in [0.3, 0.4) is 0 Å². The number of fused-ring (bicyclic) bond motifs is 2. The van der Waals surface area contributed by atoms with E-state index < -0.39 is 24.2 Å². The van der Waals surface area contributed by atoms with E-state index in [0.29, 0.717) is 46.8 Å². The molecule has 0 bridgehead atoms. The van der Waals surface area contributed by atoms with Crippen LogP contribution in [0.25, 0.3) is 16.0 Å². The quantitative estimate of drug-likeness (QED) is 0.545. The number of aliphatic hydroxyl groups excluding tert-OH is 2. The van der Waals surface area contributed by atoms with E-state index >= 15 is 0 Å². The van der Waals surface area contributed by atoms with Gasteiger partial charge in [-0.1, -0.05) is 12.1 Å². The van der Waals surface area contributed by atoms with Crippen molar-refractivity contribution in [3.8, 4) is 0 Å². The Balaban J connectivity index is 1.58. The molecular weight excluding hydrogens is 400 g/mol. The Morgan fingerprint density at radius 2 is 2.13 bits per heavy atom. The molecule has 1 unspecified atom stereocenters. The molecule has 3 N–H and O–H groups in total. The lowest BCUT2D eigenvalue weighted by Crippen LogP contribution is -2.30. The van der Waals surface area contributed by atoms with Gasteiger partial charge in [0.15, 0.2) is 11.3 Å². The number of aromatic nitrogens is 4. The summed E-state index contributed by atoms with van der Waals surface area (Å²) in [5, 5.41) is 23.8. The molecule has 0 spiro atoms. The van der Waals surface area contributed by atoms with Gasteiger partial charge in [0.25, 0.3) is 0 Å². The number of rotatable bonds is 4. The topological polar surface area (TPSA) is 127 Å². The van der Waals surface area contributed by atoms with Crippen LogP contribution in [0.5, 0.6) is 0 Å². The largest absolute Gasteiger partial charge is 0.390 e. The number of hydrogen-bond acceptors (Lipinski definition) is 7. The number of carbonyl (C=O) groups is 1. The van der Waals surface area contributed by atoms with Crippen LogP contribution in [0, 0.1) is 12.5 Å². The number of carbonyl (C=O) groups excluding carboxylic acids is 1. The molecule has 1 aliphatic carbocycles. The highest BCUT2D eigenvalue weighted by molar-refractivity contribution is 6.06. The van der Waals surface area contributed by atoms with Gasteiger partial charge in [0, 0.05) is 18.7 Å². The molecule has 0 saturated heterocycles. The van der Waals surface area contributed by atoms with Crippen molar-refractivity contribution in [1.82, 2.24) is 19.5 Å². The number of anilines is 1. The predicted molar refractivity (Wildman–Crippen MR) is 110 cm³/mol. The number of imidazole rings is 1. The SMILES string of the molecule is [C-]#[N+]c1ccc2c(c1)C(c1ncnc3c1ncn3[C@@H]1C[C@H](COC)[C@@H](O)[C@H]1O)C(=O)N2. The monoisotopic (exact) mass is 420 g/mol. The minimum Gasteiger partial charge on any atom is -0.390 e. The molecule has 1 aliphatic heterocycles. The summed E-state index contributed by atoms with van der Waals surface area (Å²) in [5.74, 6) is -1.17. The van der Waals surface area contributed by atoms with E-state index in [1.807, 2.05) is 0 Å². The summed E-state index contributed by atoms with van der Waals surface area (Å²) in [4.78, 5) is 29.4. The summed E-state index contributed by atoms with van der Waals surface area (Å²) in [6, 6.07) is 4.62.